The van der Waals surface area contributed by atoms with Crippen LogP contribution >= 0.6 is 12.2 Å². The highest BCUT2D eigenvalue weighted by Gasteiger charge is 2.09. The van der Waals surface area contributed by atoms with E-state index in [4.69, 9.17) is 17.0 Å². The molecule has 0 bridgehead atoms. The molecule has 14 heavy (non-hydrogen) atoms. The largest absolute Gasteiger partial charge is 0.385 e. The molecule has 4 heteroatoms. The second-order valence-corrected chi connectivity index (χ2v) is 3.83. The van der Waals surface area contributed by atoms with Crippen molar-refractivity contribution in [2.45, 2.75) is 32.7 Å². The zero-order valence-corrected chi connectivity index (χ0v) is 10.5. The minimum Gasteiger partial charge on any atom is -0.385 e. The smallest absolute Gasteiger partial charge is 0.168 e. The predicted octanol–water partition coefficient (Wildman–Crippen LogP) is 1.63. The quantitative estimate of drug-likeness (QED) is 0.541. The lowest BCUT2D eigenvalue weighted by Gasteiger charge is -2.26. The van der Waals surface area contributed by atoms with E-state index in [1.807, 2.05) is 7.05 Å². The first kappa shape index (κ1) is 13.7. The van der Waals surface area contributed by atoms with Crippen LogP contribution in [-0.4, -0.2) is 43.4 Å². The van der Waals surface area contributed by atoms with Gasteiger partial charge >= 0.3 is 0 Å². The molecule has 0 aliphatic rings. The Morgan fingerprint density at radius 2 is 2.21 bits per heavy atom. The van der Waals surface area contributed by atoms with E-state index < -0.39 is 0 Å². The summed E-state index contributed by atoms with van der Waals surface area (Å²) >= 11 is 5.24. The Kier molecular flexibility index (Phi) is 7.80. The fourth-order valence-corrected chi connectivity index (χ4v) is 1.29. The zero-order valence-electron chi connectivity index (χ0n) is 9.67. The molecular formula is C10H22N2OS. The monoisotopic (exact) mass is 218 g/mol. The molecule has 0 aromatic carbocycles. The van der Waals surface area contributed by atoms with Crippen LogP contribution in [0.3, 0.4) is 0 Å². The summed E-state index contributed by atoms with van der Waals surface area (Å²) in [5.41, 5.74) is 0. The highest BCUT2D eigenvalue weighted by molar-refractivity contribution is 7.80. The van der Waals surface area contributed by atoms with Gasteiger partial charge in [0.1, 0.15) is 0 Å². The molecule has 0 aromatic rings. The van der Waals surface area contributed by atoms with Crippen molar-refractivity contribution >= 4 is 17.3 Å². The van der Waals surface area contributed by atoms with Gasteiger partial charge in [-0.1, -0.05) is 6.92 Å². The van der Waals surface area contributed by atoms with Gasteiger partial charge in [0.2, 0.25) is 0 Å². The van der Waals surface area contributed by atoms with E-state index in [0.29, 0.717) is 6.04 Å². The molecule has 0 fully saturated rings. The van der Waals surface area contributed by atoms with Crippen LogP contribution in [0.1, 0.15) is 26.7 Å². The lowest BCUT2D eigenvalue weighted by Crippen LogP contribution is -2.42. The van der Waals surface area contributed by atoms with E-state index in [2.05, 4.69) is 24.1 Å². The van der Waals surface area contributed by atoms with Gasteiger partial charge in [-0.15, -0.1) is 0 Å². The topological polar surface area (TPSA) is 24.5 Å². The van der Waals surface area contributed by atoms with E-state index in [1.54, 1.807) is 7.11 Å². The Balaban J connectivity index is 3.62. The van der Waals surface area contributed by atoms with Crippen molar-refractivity contribution in [3.8, 4) is 0 Å². The summed E-state index contributed by atoms with van der Waals surface area (Å²) in [6.07, 6.45) is 2.10. The molecular weight excluding hydrogens is 196 g/mol. The molecule has 0 aromatic heterocycles. The average molecular weight is 218 g/mol. The predicted molar refractivity (Wildman–Crippen MR) is 64.6 cm³/mol. The third kappa shape index (κ3) is 5.40. The molecule has 0 rings (SSSR count). The van der Waals surface area contributed by atoms with Gasteiger partial charge in [-0.3, -0.25) is 0 Å². The SMILES string of the molecule is CCC(C)N(C)C(=S)NCCCOC. The number of hydrogen-bond acceptors (Lipinski definition) is 2. The fourth-order valence-electron chi connectivity index (χ4n) is 1.01. The molecule has 0 radical (unpaired) electrons. The lowest BCUT2D eigenvalue weighted by molar-refractivity contribution is 0.195. The van der Waals surface area contributed by atoms with Crippen LogP contribution in [0.15, 0.2) is 0 Å². The minimum absolute atomic E-state index is 0.498. The van der Waals surface area contributed by atoms with Crippen LogP contribution in [-0.2, 0) is 4.74 Å². The average Bonchev–Trinajstić information content (AvgIpc) is 2.21. The molecule has 0 saturated carbocycles. The first-order chi connectivity index (χ1) is 6.63. The van der Waals surface area contributed by atoms with Crippen molar-refractivity contribution in [2.75, 3.05) is 27.3 Å². The number of hydrogen-bond donors (Lipinski definition) is 1. The molecule has 0 spiro atoms. The van der Waals surface area contributed by atoms with Gasteiger partial charge in [-0.25, -0.2) is 0 Å². The van der Waals surface area contributed by atoms with E-state index in [-0.39, 0.29) is 0 Å². The maximum atomic E-state index is 5.24. The van der Waals surface area contributed by atoms with Crippen LogP contribution in [0, 0.1) is 0 Å². The van der Waals surface area contributed by atoms with Crippen LogP contribution in [0.5, 0.6) is 0 Å². The number of nitrogens with zero attached hydrogens (tertiary/aromatic N) is 1. The Labute approximate surface area is 92.8 Å². The van der Waals surface area contributed by atoms with E-state index in [1.165, 1.54) is 0 Å². The minimum atomic E-state index is 0.498. The first-order valence-corrected chi connectivity index (χ1v) is 5.53. The van der Waals surface area contributed by atoms with Crippen LogP contribution in [0.4, 0.5) is 0 Å². The van der Waals surface area contributed by atoms with Crippen molar-refractivity contribution in [1.82, 2.24) is 10.2 Å². The summed E-state index contributed by atoms with van der Waals surface area (Å²) in [5, 5.41) is 4.04. The number of nitrogens with one attached hydrogen (secondary N) is 1. The standard InChI is InChI=1S/C10H22N2OS/c1-5-9(2)12(3)10(14)11-7-6-8-13-4/h9H,5-8H2,1-4H3,(H,11,14). The third-order valence-corrected chi connectivity index (χ3v) is 2.81. The molecule has 0 amide bonds. The molecule has 0 aliphatic carbocycles. The zero-order chi connectivity index (χ0) is 11.0. The van der Waals surface area contributed by atoms with Crippen molar-refractivity contribution in [3.05, 3.63) is 0 Å². The summed E-state index contributed by atoms with van der Waals surface area (Å²) in [7, 11) is 3.74. The molecule has 0 saturated heterocycles. The van der Waals surface area contributed by atoms with Crippen LogP contribution in [0.2, 0.25) is 0 Å². The van der Waals surface area contributed by atoms with Gasteiger partial charge in [0, 0.05) is 33.4 Å². The van der Waals surface area contributed by atoms with Gasteiger partial charge in [0.15, 0.2) is 5.11 Å². The second-order valence-electron chi connectivity index (χ2n) is 3.45. The van der Waals surface area contributed by atoms with E-state index in [0.717, 1.165) is 31.1 Å². The summed E-state index contributed by atoms with van der Waals surface area (Å²) < 4.78 is 4.96. The maximum absolute atomic E-state index is 5.24. The molecule has 1 unspecified atom stereocenters. The van der Waals surface area contributed by atoms with Crippen molar-refractivity contribution < 1.29 is 4.74 Å². The summed E-state index contributed by atoms with van der Waals surface area (Å²) in [6.45, 7) is 5.99. The Hall–Kier alpha value is -0.350. The number of methoxy groups -OCH3 is 1. The number of thiocarbonyl (C=S) groups is 1. The molecule has 84 valence electrons. The van der Waals surface area contributed by atoms with E-state index >= 15 is 0 Å². The molecule has 1 N–H and O–H groups in total. The summed E-state index contributed by atoms with van der Waals surface area (Å²) in [6, 6.07) is 0.498. The highest BCUT2D eigenvalue weighted by atomic mass is 32.1. The fraction of sp³-hybridized carbons (Fsp3) is 0.900. The van der Waals surface area contributed by atoms with Crippen LogP contribution in [0.25, 0.3) is 0 Å². The van der Waals surface area contributed by atoms with Gasteiger partial charge in [-0.2, -0.15) is 0 Å². The van der Waals surface area contributed by atoms with Gasteiger partial charge in [0.05, 0.1) is 0 Å². The normalized spacial score (nSPS) is 12.3. The van der Waals surface area contributed by atoms with Gasteiger partial charge < -0.3 is 15.0 Å². The van der Waals surface area contributed by atoms with Crippen LogP contribution < -0.4 is 5.32 Å². The molecule has 3 nitrogen and oxygen atoms in total. The second kappa shape index (κ2) is 8.00. The Morgan fingerprint density at radius 3 is 2.71 bits per heavy atom. The molecule has 0 aliphatic heterocycles. The van der Waals surface area contributed by atoms with E-state index in [9.17, 15) is 0 Å². The molecule has 1 atom stereocenters. The van der Waals surface area contributed by atoms with Crippen molar-refractivity contribution in [3.63, 3.8) is 0 Å². The number of rotatable bonds is 6. The van der Waals surface area contributed by atoms with Gasteiger partial charge in [0.25, 0.3) is 0 Å². The highest BCUT2D eigenvalue weighted by Crippen LogP contribution is 2.00. The Bertz CT molecular complexity index is 164. The Morgan fingerprint density at radius 1 is 1.57 bits per heavy atom. The molecule has 0 heterocycles. The number of ether oxygens (including phenoxy) is 1. The lowest BCUT2D eigenvalue weighted by atomic mass is 10.2. The first-order valence-electron chi connectivity index (χ1n) is 5.13. The summed E-state index contributed by atoms with van der Waals surface area (Å²) in [4.78, 5) is 2.10. The van der Waals surface area contributed by atoms with Gasteiger partial charge in [-0.05, 0) is 32.0 Å². The van der Waals surface area contributed by atoms with Crippen molar-refractivity contribution in [2.24, 2.45) is 0 Å². The third-order valence-electron chi connectivity index (χ3n) is 2.37. The van der Waals surface area contributed by atoms with Crippen molar-refractivity contribution in [1.29, 1.82) is 0 Å². The summed E-state index contributed by atoms with van der Waals surface area (Å²) in [5.74, 6) is 0. The maximum Gasteiger partial charge on any atom is 0.168 e.